The quantitative estimate of drug-likeness (QED) is 0.371. The topological polar surface area (TPSA) is 107 Å². The van der Waals surface area contributed by atoms with Crippen molar-refractivity contribution in [2.75, 3.05) is 0 Å². The molecule has 1 aromatic carbocycles. The van der Waals surface area contributed by atoms with Crippen LogP contribution in [0.15, 0.2) is 36.4 Å². The first kappa shape index (κ1) is 18.8. The van der Waals surface area contributed by atoms with Gasteiger partial charge in [0.25, 0.3) is 0 Å². The Morgan fingerprint density at radius 1 is 0.920 bits per heavy atom. The van der Waals surface area contributed by atoms with Gasteiger partial charge in [-0.05, 0) is 36.5 Å². The van der Waals surface area contributed by atoms with Gasteiger partial charge >= 0.3 is 7.82 Å². The zero-order valence-corrected chi connectivity index (χ0v) is 14.9. The number of aliphatic hydroxyl groups is 2. The van der Waals surface area contributed by atoms with Crippen LogP contribution in [-0.4, -0.2) is 20.0 Å². The fourth-order valence-corrected chi connectivity index (χ4v) is 4.60. The summed E-state index contributed by atoms with van der Waals surface area (Å²) in [6, 6.07) is 6.60. The Balaban J connectivity index is 2.02. The van der Waals surface area contributed by atoms with Gasteiger partial charge in [-0.1, -0.05) is 56.4 Å². The molecule has 138 valence electrons. The molecule has 0 aliphatic heterocycles. The normalized spacial score (nSPS) is 31.2. The largest absolute Gasteiger partial charge is 0.472 e. The molecular weight excluding hydrogens is 343 g/mol. The number of hydrogen-bond acceptors (Lipinski definition) is 4. The molecule has 3 rings (SSSR count). The van der Waals surface area contributed by atoms with Crippen molar-refractivity contribution in [3.05, 3.63) is 47.5 Å². The lowest BCUT2D eigenvalue weighted by Crippen LogP contribution is -2.42. The monoisotopic (exact) mass is 368 g/mol. The van der Waals surface area contributed by atoms with Crippen LogP contribution in [0.25, 0.3) is 0 Å². The number of phosphoric acid groups is 1. The second kappa shape index (κ2) is 6.95. The van der Waals surface area contributed by atoms with Gasteiger partial charge in [0, 0.05) is 5.56 Å². The van der Waals surface area contributed by atoms with Crippen LogP contribution < -0.4 is 0 Å². The molecule has 0 saturated heterocycles. The molecule has 2 aliphatic rings. The minimum Gasteiger partial charge on any atom is -0.381 e. The molecular formula is C18H25O6P. The molecule has 6 nitrogen and oxygen atoms in total. The van der Waals surface area contributed by atoms with Crippen molar-refractivity contribution in [2.24, 2.45) is 5.92 Å². The summed E-state index contributed by atoms with van der Waals surface area (Å²) in [6.45, 7) is 0. The lowest BCUT2D eigenvalue weighted by molar-refractivity contribution is -0.125. The van der Waals surface area contributed by atoms with E-state index in [2.05, 4.69) is 4.52 Å². The number of benzene rings is 1. The summed E-state index contributed by atoms with van der Waals surface area (Å²) in [4.78, 5) is 18.3. The van der Waals surface area contributed by atoms with Crippen molar-refractivity contribution < 1.29 is 29.1 Å². The van der Waals surface area contributed by atoms with Crippen molar-refractivity contribution >= 4 is 7.82 Å². The fraction of sp³-hybridized carbons (Fsp3) is 0.556. The van der Waals surface area contributed by atoms with Gasteiger partial charge in [0.05, 0.1) is 0 Å². The summed E-state index contributed by atoms with van der Waals surface area (Å²) in [5.41, 5.74) is -0.664. The summed E-state index contributed by atoms with van der Waals surface area (Å²) in [5, 5.41) is 22.1. The molecule has 2 unspecified atom stereocenters. The molecule has 2 atom stereocenters. The number of hydrogen-bond donors (Lipinski definition) is 4. The molecule has 1 saturated carbocycles. The van der Waals surface area contributed by atoms with Gasteiger partial charge in [-0.2, -0.15) is 0 Å². The predicted molar refractivity (Wildman–Crippen MR) is 92.3 cm³/mol. The Morgan fingerprint density at radius 2 is 1.48 bits per heavy atom. The second-order valence-corrected chi connectivity index (χ2v) is 8.19. The van der Waals surface area contributed by atoms with Gasteiger partial charge in [0.2, 0.25) is 5.79 Å². The Labute approximate surface area is 147 Å². The third-order valence-electron chi connectivity index (χ3n) is 5.29. The van der Waals surface area contributed by atoms with Crippen molar-refractivity contribution in [2.45, 2.75) is 56.3 Å². The van der Waals surface area contributed by atoms with Gasteiger partial charge in [0.1, 0.15) is 5.60 Å². The number of rotatable bonds is 3. The maximum absolute atomic E-state index is 11.4. The molecule has 0 bridgehead atoms. The Morgan fingerprint density at radius 3 is 2.08 bits per heavy atom. The van der Waals surface area contributed by atoms with Crippen LogP contribution in [0.2, 0.25) is 0 Å². The van der Waals surface area contributed by atoms with E-state index < -0.39 is 19.2 Å². The van der Waals surface area contributed by atoms with E-state index in [0.29, 0.717) is 5.56 Å². The summed E-state index contributed by atoms with van der Waals surface area (Å²) in [5.74, 6) is -2.27. The Bertz CT molecular complexity index is 691. The first-order chi connectivity index (χ1) is 11.7. The smallest absolute Gasteiger partial charge is 0.381 e. The van der Waals surface area contributed by atoms with E-state index in [9.17, 15) is 14.8 Å². The van der Waals surface area contributed by atoms with Gasteiger partial charge in [-0.25, -0.2) is 9.09 Å². The van der Waals surface area contributed by atoms with Crippen LogP contribution in [0.4, 0.5) is 0 Å². The first-order valence-electron chi connectivity index (χ1n) is 8.76. The summed E-state index contributed by atoms with van der Waals surface area (Å²) < 4.78 is 15.9. The predicted octanol–water partition coefficient (Wildman–Crippen LogP) is 3.06. The molecule has 2 aliphatic carbocycles. The molecule has 0 radical (unpaired) electrons. The highest BCUT2D eigenvalue weighted by Crippen LogP contribution is 2.51. The SMILES string of the molecule is O=P(O)(O)OC1(O)C=CC(O)(C2CCCCCCC2)c2ccccc21. The van der Waals surface area contributed by atoms with E-state index in [0.717, 1.165) is 44.6 Å². The van der Waals surface area contributed by atoms with Gasteiger partial charge in [0.15, 0.2) is 0 Å². The number of phosphoric ester groups is 1. The van der Waals surface area contributed by atoms with E-state index in [4.69, 9.17) is 9.79 Å². The Kier molecular flexibility index (Phi) is 5.22. The highest BCUT2D eigenvalue weighted by molar-refractivity contribution is 7.46. The lowest BCUT2D eigenvalue weighted by Gasteiger charge is -2.42. The minimum atomic E-state index is -4.92. The molecule has 0 amide bonds. The van der Waals surface area contributed by atoms with E-state index in [1.807, 2.05) is 0 Å². The Hall–Kier alpha value is -1.01. The van der Waals surface area contributed by atoms with Crippen LogP contribution >= 0.6 is 7.82 Å². The molecule has 4 N–H and O–H groups in total. The van der Waals surface area contributed by atoms with Crippen molar-refractivity contribution in [3.8, 4) is 0 Å². The zero-order valence-electron chi connectivity index (χ0n) is 14.0. The number of fused-ring (bicyclic) bond motifs is 1. The van der Waals surface area contributed by atoms with Crippen molar-refractivity contribution in [1.82, 2.24) is 0 Å². The van der Waals surface area contributed by atoms with Gasteiger partial charge < -0.3 is 20.0 Å². The standard InChI is InChI=1S/C18H25O6P/c19-17(14-8-4-2-1-3-5-9-14)12-13-18(20,24-25(21,22)23)16-11-7-6-10-15(16)17/h6-7,10-14,19-20H,1-5,8-9H2,(H2,21,22,23). The average molecular weight is 368 g/mol. The van der Waals surface area contributed by atoms with E-state index >= 15 is 0 Å². The first-order valence-corrected chi connectivity index (χ1v) is 10.3. The maximum atomic E-state index is 11.4. The van der Waals surface area contributed by atoms with E-state index in [1.165, 1.54) is 18.6 Å². The maximum Gasteiger partial charge on any atom is 0.472 e. The zero-order chi connectivity index (χ0) is 18.1. The average Bonchev–Trinajstić information content (AvgIpc) is 2.50. The summed E-state index contributed by atoms with van der Waals surface area (Å²) in [6.07, 6.45) is 9.91. The van der Waals surface area contributed by atoms with Crippen molar-refractivity contribution in [1.29, 1.82) is 0 Å². The molecule has 1 fully saturated rings. The van der Waals surface area contributed by atoms with Gasteiger partial charge in [-0.15, -0.1) is 0 Å². The van der Waals surface area contributed by atoms with Crippen molar-refractivity contribution in [3.63, 3.8) is 0 Å². The van der Waals surface area contributed by atoms with E-state index in [1.54, 1.807) is 18.2 Å². The van der Waals surface area contributed by atoms with Gasteiger partial charge in [-0.3, -0.25) is 0 Å². The minimum absolute atomic E-state index is 0.00944. The summed E-state index contributed by atoms with van der Waals surface area (Å²) in [7, 11) is -4.92. The van der Waals surface area contributed by atoms with Crippen LogP contribution in [-0.2, 0) is 20.5 Å². The second-order valence-electron chi connectivity index (χ2n) is 7.02. The molecule has 7 heteroatoms. The van der Waals surface area contributed by atoms with Crippen LogP contribution in [0.1, 0.15) is 56.1 Å². The molecule has 1 aromatic rings. The lowest BCUT2D eigenvalue weighted by atomic mass is 9.70. The molecule has 0 aromatic heterocycles. The molecule has 25 heavy (non-hydrogen) atoms. The third kappa shape index (κ3) is 3.90. The fourth-order valence-electron chi connectivity index (χ4n) is 4.08. The molecule has 0 spiro atoms. The van der Waals surface area contributed by atoms with Crippen LogP contribution in [0, 0.1) is 5.92 Å². The third-order valence-corrected chi connectivity index (χ3v) is 5.81. The summed E-state index contributed by atoms with van der Waals surface area (Å²) >= 11 is 0. The highest BCUT2D eigenvalue weighted by atomic mass is 31.2. The molecule has 0 heterocycles. The van der Waals surface area contributed by atoms with Crippen LogP contribution in [0.5, 0.6) is 0 Å². The highest BCUT2D eigenvalue weighted by Gasteiger charge is 2.47. The van der Waals surface area contributed by atoms with E-state index in [-0.39, 0.29) is 11.5 Å². The van der Waals surface area contributed by atoms with Crippen LogP contribution in [0.3, 0.4) is 0 Å².